The van der Waals surface area contributed by atoms with Gasteiger partial charge in [-0.25, -0.2) is 4.79 Å². The first-order valence-electron chi connectivity index (χ1n) is 2.84. The monoisotopic (exact) mass is 240 g/mol. The molecular formula is C4H7F3O6S. The van der Waals surface area contributed by atoms with E-state index in [4.69, 9.17) is 23.2 Å². The van der Waals surface area contributed by atoms with E-state index in [1.54, 1.807) is 0 Å². The van der Waals surface area contributed by atoms with E-state index in [-0.39, 0.29) is 0 Å². The maximum absolute atomic E-state index is 10.7. The van der Waals surface area contributed by atoms with Crippen LogP contribution in [0.25, 0.3) is 0 Å². The minimum absolute atomic E-state index is 1.19. The molecule has 0 fully saturated rings. The van der Waals surface area contributed by atoms with Crippen LogP contribution in [0.1, 0.15) is 6.92 Å². The van der Waals surface area contributed by atoms with Crippen molar-refractivity contribution in [3.05, 3.63) is 0 Å². The van der Waals surface area contributed by atoms with E-state index in [1.165, 1.54) is 6.92 Å². The minimum Gasteiger partial charge on any atom is -0.479 e. The zero-order valence-corrected chi connectivity index (χ0v) is 7.50. The van der Waals surface area contributed by atoms with Gasteiger partial charge in [0.1, 0.15) is 6.10 Å². The Balaban J connectivity index is 0. The van der Waals surface area contributed by atoms with E-state index in [2.05, 4.69) is 0 Å². The van der Waals surface area contributed by atoms with Gasteiger partial charge in [-0.3, -0.25) is 4.55 Å². The largest absolute Gasteiger partial charge is 0.522 e. The summed E-state index contributed by atoms with van der Waals surface area (Å²) < 4.78 is 57.5. The molecule has 86 valence electrons. The van der Waals surface area contributed by atoms with Crippen molar-refractivity contribution in [2.24, 2.45) is 0 Å². The summed E-state index contributed by atoms with van der Waals surface area (Å²) in [6.07, 6.45) is -1.23. The second-order valence-corrected chi connectivity index (χ2v) is 3.35. The Morgan fingerprint density at radius 1 is 1.36 bits per heavy atom. The summed E-state index contributed by atoms with van der Waals surface area (Å²) in [4.78, 5) is 9.45. The molecule has 1 atom stereocenters. The number of alkyl halides is 3. The van der Waals surface area contributed by atoms with Gasteiger partial charge in [-0.15, -0.1) is 0 Å². The fourth-order valence-electron chi connectivity index (χ4n) is 0. The van der Waals surface area contributed by atoms with Crippen molar-refractivity contribution in [2.75, 3.05) is 0 Å². The molecule has 1 unspecified atom stereocenters. The number of aliphatic hydroxyl groups excluding tert-OH is 1. The standard InChI is InChI=1S/C3H6O3.CHF3O3S/c1-2(4)3(5)6;2-1(3,4)8(5,6)7/h2,4H,1H3,(H,5,6);(H,5,6,7). The first-order chi connectivity index (χ1) is 5.89. The van der Waals surface area contributed by atoms with Crippen molar-refractivity contribution in [1.29, 1.82) is 0 Å². The maximum Gasteiger partial charge on any atom is 0.522 e. The van der Waals surface area contributed by atoms with Gasteiger partial charge < -0.3 is 10.2 Å². The molecule has 0 bridgehead atoms. The van der Waals surface area contributed by atoms with Gasteiger partial charge in [0.15, 0.2) is 0 Å². The predicted molar refractivity (Wildman–Crippen MR) is 36.9 cm³/mol. The van der Waals surface area contributed by atoms with Gasteiger partial charge >= 0.3 is 21.6 Å². The number of hydrogen-bond acceptors (Lipinski definition) is 4. The second-order valence-electron chi connectivity index (χ2n) is 1.94. The summed E-state index contributed by atoms with van der Waals surface area (Å²) >= 11 is 0. The quantitative estimate of drug-likeness (QED) is 0.434. The molecule has 3 N–H and O–H groups in total. The number of aliphatic carboxylic acids is 1. The smallest absolute Gasteiger partial charge is 0.479 e. The molecule has 6 nitrogen and oxygen atoms in total. The first-order valence-corrected chi connectivity index (χ1v) is 4.28. The molecule has 0 heterocycles. The highest BCUT2D eigenvalue weighted by atomic mass is 32.2. The first kappa shape index (κ1) is 15.6. The fraction of sp³-hybridized carbons (Fsp3) is 0.750. The fourth-order valence-corrected chi connectivity index (χ4v) is 0. The molecule has 10 heteroatoms. The molecule has 0 radical (unpaired) electrons. The predicted octanol–water partition coefficient (Wildman–Crippen LogP) is -0.154. The van der Waals surface area contributed by atoms with Crippen molar-refractivity contribution in [3.63, 3.8) is 0 Å². The minimum atomic E-state index is -5.84. The number of halogens is 3. The van der Waals surface area contributed by atoms with E-state index >= 15 is 0 Å². The Hall–Kier alpha value is -0.870. The third kappa shape index (κ3) is 7.76. The second kappa shape index (κ2) is 5.12. The van der Waals surface area contributed by atoms with Crippen LogP contribution in [0.2, 0.25) is 0 Å². The van der Waals surface area contributed by atoms with Crippen LogP contribution in [-0.2, 0) is 14.9 Å². The lowest BCUT2D eigenvalue weighted by Crippen LogP contribution is -2.21. The summed E-state index contributed by atoms with van der Waals surface area (Å²) in [5, 5.41) is 15.8. The molecule has 0 aromatic heterocycles. The average Bonchev–Trinajstić information content (AvgIpc) is 1.83. The van der Waals surface area contributed by atoms with Gasteiger partial charge in [0.25, 0.3) is 0 Å². The zero-order valence-electron chi connectivity index (χ0n) is 6.69. The summed E-state index contributed by atoms with van der Waals surface area (Å²) in [6, 6.07) is 0. The van der Waals surface area contributed by atoms with Crippen LogP contribution in [-0.4, -0.2) is 40.8 Å². The van der Waals surface area contributed by atoms with Crippen LogP contribution < -0.4 is 0 Å². The van der Waals surface area contributed by atoms with E-state index < -0.39 is 27.7 Å². The van der Waals surface area contributed by atoms with Crippen molar-refractivity contribution in [2.45, 2.75) is 18.5 Å². The molecule has 0 aliphatic rings. The van der Waals surface area contributed by atoms with Crippen LogP contribution in [0.3, 0.4) is 0 Å². The Kier molecular flexibility index (Phi) is 5.70. The Morgan fingerprint density at radius 2 is 1.50 bits per heavy atom. The van der Waals surface area contributed by atoms with E-state index in [0.717, 1.165) is 0 Å². The molecule has 0 aromatic carbocycles. The van der Waals surface area contributed by atoms with Crippen molar-refractivity contribution < 1.29 is 41.1 Å². The lowest BCUT2D eigenvalue weighted by molar-refractivity contribution is -0.145. The number of carboxylic acid groups (broad SMARTS) is 1. The van der Waals surface area contributed by atoms with Gasteiger partial charge in [0.2, 0.25) is 0 Å². The van der Waals surface area contributed by atoms with Crippen LogP contribution >= 0.6 is 0 Å². The highest BCUT2D eigenvalue weighted by molar-refractivity contribution is 7.86. The molecule has 0 aliphatic heterocycles. The Bertz CT molecular complexity index is 278. The molecule has 0 aromatic rings. The summed E-state index contributed by atoms with van der Waals surface area (Å²) in [5.41, 5.74) is -5.53. The molecule has 0 amide bonds. The molecule has 0 rings (SSSR count). The van der Waals surface area contributed by atoms with Gasteiger partial charge in [0, 0.05) is 0 Å². The van der Waals surface area contributed by atoms with Gasteiger partial charge in [-0.2, -0.15) is 21.6 Å². The lowest BCUT2D eigenvalue weighted by Gasteiger charge is -1.97. The molecule has 0 spiro atoms. The van der Waals surface area contributed by atoms with Crippen molar-refractivity contribution >= 4 is 16.1 Å². The third-order valence-electron chi connectivity index (χ3n) is 0.650. The highest BCUT2D eigenvalue weighted by Gasteiger charge is 2.44. The van der Waals surface area contributed by atoms with Gasteiger partial charge in [-0.1, -0.05) is 0 Å². The number of rotatable bonds is 1. The van der Waals surface area contributed by atoms with Crippen molar-refractivity contribution in [3.8, 4) is 0 Å². The number of aliphatic hydroxyl groups is 1. The molecule has 14 heavy (non-hydrogen) atoms. The molecule has 0 saturated heterocycles. The number of carboxylic acids is 1. The van der Waals surface area contributed by atoms with Crippen LogP contribution in [0, 0.1) is 0 Å². The highest BCUT2D eigenvalue weighted by Crippen LogP contribution is 2.20. The van der Waals surface area contributed by atoms with E-state index in [1.807, 2.05) is 0 Å². The zero-order chi connectivity index (χ0) is 12.2. The average molecular weight is 240 g/mol. The SMILES string of the molecule is CC(O)C(=O)O.O=S(=O)(O)C(F)(F)F. The number of hydrogen-bond donors (Lipinski definition) is 3. The number of carbonyl (C=O) groups is 1. The summed E-state index contributed by atoms with van der Waals surface area (Å²) in [6.45, 7) is 1.20. The third-order valence-corrected chi connectivity index (χ3v) is 1.23. The topological polar surface area (TPSA) is 112 Å². The van der Waals surface area contributed by atoms with E-state index in [9.17, 15) is 18.0 Å². The molecule has 0 aliphatic carbocycles. The Morgan fingerprint density at radius 3 is 1.50 bits per heavy atom. The van der Waals surface area contributed by atoms with Crippen LogP contribution in [0.4, 0.5) is 13.2 Å². The maximum atomic E-state index is 10.7. The van der Waals surface area contributed by atoms with Crippen molar-refractivity contribution in [1.82, 2.24) is 0 Å². The summed E-state index contributed by atoms with van der Waals surface area (Å²) in [7, 11) is -5.84. The van der Waals surface area contributed by atoms with E-state index in [0.29, 0.717) is 0 Å². The lowest BCUT2D eigenvalue weighted by atomic mass is 10.4. The molecule has 0 saturated carbocycles. The Labute approximate surface area is 76.7 Å². The normalized spacial score (nSPS) is 13.9. The summed E-state index contributed by atoms with van der Waals surface area (Å²) in [5.74, 6) is -1.19. The van der Waals surface area contributed by atoms with Gasteiger partial charge in [0.05, 0.1) is 0 Å². The van der Waals surface area contributed by atoms with Crippen LogP contribution in [0.15, 0.2) is 0 Å². The molecular weight excluding hydrogens is 233 g/mol. The van der Waals surface area contributed by atoms with Gasteiger partial charge in [-0.05, 0) is 6.92 Å². The van der Waals surface area contributed by atoms with Crippen LogP contribution in [0.5, 0.6) is 0 Å².